The van der Waals surface area contributed by atoms with Crippen molar-refractivity contribution in [3.05, 3.63) is 50.2 Å². The minimum atomic E-state index is 0.172. The van der Waals surface area contributed by atoms with Gasteiger partial charge in [-0.15, -0.1) is 0 Å². The molecule has 3 rings (SSSR count). The summed E-state index contributed by atoms with van der Waals surface area (Å²) in [5.74, 6) is 0. The van der Waals surface area contributed by atoms with Crippen molar-refractivity contribution in [3.63, 3.8) is 0 Å². The van der Waals surface area contributed by atoms with Crippen molar-refractivity contribution in [2.45, 2.75) is 25.2 Å². The molecular weight excluding hydrogens is 394 g/mol. The maximum absolute atomic E-state index is 4.62. The van der Waals surface area contributed by atoms with E-state index in [0.717, 1.165) is 36.1 Å². The zero-order valence-electron chi connectivity index (χ0n) is 12.3. The molecule has 0 amide bonds. The van der Waals surface area contributed by atoms with Gasteiger partial charge in [0.05, 0.1) is 15.9 Å². The van der Waals surface area contributed by atoms with Crippen LogP contribution in [-0.2, 0) is 25.3 Å². The lowest BCUT2D eigenvalue weighted by Crippen LogP contribution is -2.58. The first-order valence-corrected chi connectivity index (χ1v) is 8.81. The number of hydrogen-bond acceptors (Lipinski definition) is 2. The number of benzene rings is 1. The van der Waals surface area contributed by atoms with Crippen LogP contribution >= 0.6 is 31.9 Å². The minimum Gasteiger partial charge on any atom is -0.315 e. The molecule has 0 bridgehead atoms. The minimum absolute atomic E-state index is 0.172. The topological polar surface area (TPSA) is 29.9 Å². The first kappa shape index (κ1) is 15.3. The van der Waals surface area contributed by atoms with Gasteiger partial charge in [0.15, 0.2) is 0 Å². The third kappa shape index (κ3) is 2.71. The molecule has 1 aromatic carbocycles. The molecular formula is C16H19Br2N3. The van der Waals surface area contributed by atoms with E-state index in [1.54, 1.807) is 0 Å². The average molecular weight is 413 g/mol. The number of aromatic nitrogens is 2. The van der Waals surface area contributed by atoms with Gasteiger partial charge in [-0.05, 0) is 40.0 Å². The molecule has 2 aromatic rings. The van der Waals surface area contributed by atoms with E-state index in [0.29, 0.717) is 0 Å². The highest BCUT2D eigenvalue weighted by Crippen LogP contribution is 2.36. The number of hydrogen-bond donors (Lipinski definition) is 1. The predicted molar refractivity (Wildman–Crippen MR) is 92.7 cm³/mol. The van der Waals surface area contributed by atoms with Gasteiger partial charge >= 0.3 is 0 Å². The van der Waals surface area contributed by atoms with Gasteiger partial charge in [0.2, 0.25) is 0 Å². The second kappa shape index (κ2) is 5.86. The van der Waals surface area contributed by atoms with Gasteiger partial charge in [-0.1, -0.05) is 35.0 Å². The van der Waals surface area contributed by atoms with E-state index in [-0.39, 0.29) is 5.41 Å². The molecule has 1 aliphatic heterocycles. The summed E-state index contributed by atoms with van der Waals surface area (Å²) in [5, 5.41) is 8.06. The molecule has 112 valence electrons. The van der Waals surface area contributed by atoms with Crippen LogP contribution in [0.3, 0.4) is 0 Å². The number of aryl methyl sites for hydroxylation is 2. The normalized spacial score (nSPS) is 16.8. The standard InChI is InChI=1S/C16H19Br2N3/c1-3-13-15(18)14(21(2)20-13)8-16(9-19-10-16)11-5-4-6-12(17)7-11/h4-7,19H,3,8-10H2,1-2H3. The first-order valence-electron chi connectivity index (χ1n) is 7.23. The summed E-state index contributed by atoms with van der Waals surface area (Å²) in [5.41, 5.74) is 3.99. The summed E-state index contributed by atoms with van der Waals surface area (Å²) >= 11 is 7.33. The molecule has 0 unspecified atom stereocenters. The molecule has 2 heterocycles. The Balaban J connectivity index is 1.97. The summed E-state index contributed by atoms with van der Waals surface area (Å²) in [7, 11) is 2.04. The Morgan fingerprint density at radius 3 is 2.62 bits per heavy atom. The smallest absolute Gasteiger partial charge is 0.0766 e. The fraction of sp³-hybridized carbons (Fsp3) is 0.438. The van der Waals surface area contributed by atoms with Crippen molar-refractivity contribution >= 4 is 31.9 Å². The third-order valence-electron chi connectivity index (χ3n) is 4.37. The van der Waals surface area contributed by atoms with Gasteiger partial charge in [0.1, 0.15) is 0 Å². The Kier molecular flexibility index (Phi) is 4.26. The van der Waals surface area contributed by atoms with Crippen LogP contribution in [0, 0.1) is 0 Å². The largest absolute Gasteiger partial charge is 0.315 e. The van der Waals surface area contributed by atoms with Crippen LogP contribution < -0.4 is 5.32 Å². The lowest BCUT2D eigenvalue weighted by atomic mass is 9.72. The molecule has 1 aliphatic rings. The van der Waals surface area contributed by atoms with Crippen molar-refractivity contribution in [1.82, 2.24) is 15.1 Å². The van der Waals surface area contributed by atoms with Crippen LogP contribution in [0.5, 0.6) is 0 Å². The van der Waals surface area contributed by atoms with E-state index in [1.807, 2.05) is 11.7 Å². The highest BCUT2D eigenvalue weighted by molar-refractivity contribution is 9.10. The average Bonchev–Trinajstić information content (AvgIpc) is 2.69. The van der Waals surface area contributed by atoms with Crippen molar-refractivity contribution < 1.29 is 0 Å². The van der Waals surface area contributed by atoms with Crippen LogP contribution in [-0.4, -0.2) is 22.9 Å². The fourth-order valence-corrected chi connectivity index (χ4v) is 4.16. The van der Waals surface area contributed by atoms with Crippen LogP contribution in [0.15, 0.2) is 33.2 Å². The number of nitrogens with zero attached hydrogens (tertiary/aromatic N) is 2. The van der Waals surface area contributed by atoms with Gasteiger partial charge in [0, 0.05) is 36.4 Å². The number of rotatable bonds is 4. The SMILES string of the molecule is CCc1nn(C)c(CC2(c3cccc(Br)c3)CNC2)c1Br. The molecule has 21 heavy (non-hydrogen) atoms. The van der Waals surface area contributed by atoms with Crippen molar-refractivity contribution in [2.75, 3.05) is 13.1 Å². The van der Waals surface area contributed by atoms with Gasteiger partial charge in [-0.3, -0.25) is 4.68 Å². The van der Waals surface area contributed by atoms with Crippen molar-refractivity contribution in [3.8, 4) is 0 Å². The molecule has 0 radical (unpaired) electrons. The molecule has 0 atom stereocenters. The van der Waals surface area contributed by atoms with Crippen LogP contribution in [0.4, 0.5) is 0 Å². The monoisotopic (exact) mass is 411 g/mol. The molecule has 1 aromatic heterocycles. The molecule has 5 heteroatoms. The molecule has 0 aliphatic carbocycles. The van der Waals surface area contributed by atoms with E-state index >= 15 is 0 Å². The van der Waals surface area contributed by atoms with Crippen LogP contribution in [0.1, 0.15) is 23.9 Å². The van der Waals surface area contributed by atoms with E-state index in [2.05, 4.69) is 73.5 Å². The highest BCUT2D eigenvalue weighted by atomic mass is 79.9. The molecule has 1 fully saturated rings. The summed E-state index contributed by atoms with van der Waals surface area (Å²) in [6, 6.07) is 8.68. The van der Waals surface area contributed by atoms with Crippen molar-refractivity contribution in [2.24, 2.45) is 7.05 Å². The summed E-state index contributed by atoms with van der Waals surface area (Å²) in [6.45, 7) is 4.18. The summed E-state index contributed by atoms with van der Waals surface area (Å²) in [6.07, 6.45) is 1.96. The Morgan fingerprint density at radius 1 is 1.33 bits per heavy atom. The summed E-state index contributed by atoms with van der Waals surface area (Å²) < 4.78 is 4.35. The Bertz CT molecular complexity index is 660. The zero-order valence-corrected chi connectivity index (χ0v) is 15.5. The van der Waals surface area contributed by atoms with Crippen molar-refractivity contribution in [1.29, 1.82) is 0 Å². The second-order valence-corrected chi connectivity index (χ2v) is 7.46. The Morgan fingerprint density at radius 2 is 2.10 bits per heavy atom. The second-order valence-electron chi connectivity index (χ2n) is 5.76. The van der Waals surface area contributed by atoms with Gasteiger partial charge in [-0.25, -0.2) is 0 Å². The van der Waals surface area contributed by atoms with Crippen LogP contribution in [0.2, 0.25) is 0 Å². The third-order valence-corrected chi connectivity index (χ3v) is 5.78. The molecule has 1 N–H and O–H groups in total. The van der Waals surface area contributed by atoms with Crippen LogP contribution in [0.25, 0.3) is 0 Å². The predicted octanol–water partition coefficient (Wildman–Crippen LogP) is 3.59. The number of nitrogens with one attached hydrogen (secondary N) is 1. The quantitative estimate of drug-likeness (QED) is 0.831. The van der Waals surface area contributed by atoms with E-state index < -0.39 is 0 Å². The highest BCUT2D eigenvalue weighted by Gasteiger charge is 2.40. The van der Waals surface area contributed by atoms with E-state index in [1.165, 1.54) is 15.7 Å². The summed E-state index contributed by atoms with van der Waals surface area (Å²) in [4.78, 5) is 0. The van der Waals surface area contributed by atoms with E-state index in [9.17, 15) is 0 Å². The Hall–Kier alpha value is -0.650. The van der Waals surface area contributed by atoms with E-state index in [4.69, 9.17) is 0 Å². The van der Waals surface area contributed by atoms with Gasteiger partial charge < -0.3 is 5.32 Å². The van der Waals surface area contributed by atoms with Gasteiger partial charge in [-0.2, -0.15) is 5.10 Å². The fourth-order valence-electron chi connectivity index (χ4n) is 3.01. The molecule has 3 nitrogen and oxygen atoms in total. The first-order chi connectivity index (χ1) is 10.1. The molecule has 1 saturated heterocycles. The lowest BCUT2D eigenvalue weighted by molar-refractivity contribution is 0.269. The maximum atomic E-state index is 4.62. The maximum Gasteiger partial charge on any atom is 0.0766 e. The van der Waals surface area contributed by atoms with Gasteiger partial charge in [0.25, 0.3) is 0 Å². The lowest BCUT2D eigenvalue weighted by Gasteiger charge is -2.43. The molecule has 0 spiro atoms. The Labute approximate surface area is 142 Å². The zero-order chi connectivity index (χ0) is 15.0. The number of halogens is 2. The molecule has 0 saturated carbocycles.